The van der Waals surface area contributed by atoms with E-state index in [1.807, 2.05) is 0 Å². The molecule has 2 rings (SSSR count). The predicted molar refractivity (Wildman–Crippen MR) is 65.2 cm³/mol. The van der Waals surface area contributed by atoms with E-state index in [1.165, 1.54) is 6.07 Å². The number of hydrogen-bond donors (Lipinski definition) is 0. The third-order valence-electron chi connectivity index (χ3n) is 3.71. The van der Waals surface area contributed by atoms with Crippen LogP contribution in [0.2, 0.25) is 0 Å². The van der Waals surface area contributed by atoms with Crippen LogP contribution in [0.25, 0.3) is 4.85 Å². The van der Waals surface area contributed by atoms with Gasteiger partial charge in [-0.15, -0.1) is 0 Å². The molecule has 0 bridgehead atoms. The van der Waals surface area contributed by atoms with Gasteiger partial charge < -0.3 is 4.85 Å². The van der Waals surface area contributed by atoms with Crippen molar-refractivity contribution in [3.05, 3.63) is 41.0 Å². The molecule has 1 aromatic rings. The lowest BCUT2D eigenvalue weighted by Crippen LogP contribution is -2.22. The highest BCUT2D eigenvalue weighted by molar-refractivity contribution is 5.25. The molecular weight excluding hydrogens is 253 g/mol. The summed E-state index contributed by atoms with van der Waals surface area (Å²) in [4.78, 5) is 7.63. The average Bonchev–Trinajstić information content (AvgIpc) is 2.64. The molecule has 1 aliphatic carbocycles. The smallest absolute Gasteiger partial charge is 0.304 e. The molecule has 0 radical (unpaired) electrons. The summed E-state index contributed by atoms with van der Waals surface area (Å²) in [5.74, 6) is 0. The molecule has 1 aliphatic rings. The molecule has 0 N–H and O–H groups in total. The second kappa shape index (κ2) is 5.20. The van der Waals surface area contributed by atoms with Crippen LogP contribution in [0.3, 0.4) is 0 Å². The monoisotopic (exact) mass is 268 g/mol. The van der Waals surface area contributed by atoms with Crippen LogP contribution in [0.1, 0.15) is 49.8 Å². The largest absolute Gasteiger partial charge is 0.417 e. The number of pyridine rings is 1. The van der Waals surface area contributed by atoms with Crippen LogP contribution >= 0.6 is 0 Å². The highest BCUT2D eigenvalue weighted by Gasteiger charge is 2.41. The Hall–Kier alpha value is -1.57. The minimum atomic E-state index is -4.37. The first-order valence-corrected chi connectivity index (χ1v) is 6.40. The quantitative estimate of drug-likeness (QED) is 0.538. The van der Waals surface area contributed by atoms with Crippen molar-refractivity contribution >= 4 is 0 Å². The lowest BCUT2D eigenvalue weighted by Gasteiger charge is -2.19. The normalized spacial score (nSPS) is 19.5. The van der Waals surface area contributed by atoms with Gasteiger partial charge in [-0.05, 0) is 25.0 Å². The fourth-order valence-corrected chi connectivity index (χ4v) is 2.58. The molecule has 19 heavy (non-hydrogen) atoms. The summed E-state index contributed by atoms with van der Waals surface area (Å²) in [6, 6.07) is 2.40. The Balaban J connectivity index is 2.31. The van der Waals surface area contributed by atoms with Gasteiger partial charge in [0.25, 0.3) is 5.54 Å². The second-order valence-corrected chi connectivity index (χ2v) is 4.99. The van der Waals surface area contributed by atoms with Gasteiger partial charge in [0.1, 0.15) is 5.69 Å². The van der Waals surface area contributed by atoms with E-state index in [0.29, 0.717) is 18.5 Å². The first kappa shape index (κ1) is 13.9. The molecule has 1 fully saturated rings. The van der Waals surface area contributed by atoms with Gasteiger partial charge in [0.2, 0.25) is 0 Å². The summed E-state index contributed by atoms with van der Waals surface area (Å²) in [6.45, 7) is 7.42. The molecule has 0 aromatic carbocycles. The summed E-state index contributed by atoms with van der Waals surface area (Å²) in [6.07, 6.45) is 1.88. The topological polar surface area (TPSA) is 17.2 Å². The summed E-state index contributed by atoms with van der Waals surface area (Å²) >= 11 is 0. The van der Waals surface area contributed by atoms with E-state index in [-0.39, 0.29) is 0 Å². The third-order valence-corrected chi connectivity index (χ3v) is 3.71. The van der Waals surface area contributed by atoms with Gasteiger partial charge in [-0.3, -0.25) is 4.98 Å². The van der Waals surface area contributed by atoms with E-state index < -0.39 is 17.3 Å². The van der Waals surface area contributed by atoms with Crippen molar-refractivity contribution in [1.29, 1.82) is 0 Å². The van der Waals surface area contributed by atoms with E-state index in [2.05, 4.69) is 9.83 Å². The summed E-state index contributed by atoms with van der Waals surface area (Å²) < 4.78 is 37.5. The van der Waals surface area contributed by atoms with E-state index >= 15 is 0 Å². The first-order chi connectivity index (χ1) is 8.98. The zero-order valence-electron chi connectivity index (χ0n) is 10.5. The SMILES string of the molecule is [C-]#[N+]C1(c2ccc(C(F)(F)F)cn2)CCCCCC1. The molecule has 1 saturated carbocycles. The maximum atomic E-state index is 12.5. The van der Waals surface area contributed by atoms with Crippen LogP contribution in [-0.2, 0) is 11.7 Å². The molecule has 0 spiro atoms. The lowest BCUT2D eigenvalue weighted by molar-refractivity contribution is -0.137. The Morgan fingerprint density at radius 3 is 2.16 bits per heavy atom. The van der Waals surface area contributed by atoms with E-state index in [9.17, 15) is 13.2 Å². The second-order valence-electron chi connectivity index (χ2n) is 4.99. The molecular formula is C14H15F3N2. The van der Waals surface area contributed by atoms with Crippen molar-refractivity contribution in [3.8, 4) is 0 Å². The van der Waals surface area contributed by atoms with Crippen LogP contribution in [0.5, 0.6) is 0 Å². The average molecular weight is 268 g/mol. The van der Waals surface area contributed by atoms with Crippen LogP contribution in [0.15, 0.2) is 18.3 Å². The minimum absolute atomic E-state index is 0.484. The molecule has 0 amide bonds. The molecule has 1 aromatic heterocycles. The maximum Gasteiger partial charge on any atom is 0.417 e. The van der Waals surface area contributed by atoms with Gasteiger partial charge in [-0.2, -0.15) is 13.2 Å². The summed E-state index contributed by atoms with van der Waals surface area (Å²) in [5.41, 5.74) is -0.997. The summed E-state index contributed by atoms with van der Waals surface area (Å²) in [7, 11) is 0. The Labute approximate surface area is 110 Å². The number of halogens is 3. The van der Waals surface area contributed by atoms with E-state index in [4.69, 9.17) is 6.57 Å². The first-order valence-electron chi connectivity index (χ1n) is 6.40. The van der Waals surface area contributed by atoms with E-state index in [0.717, 1.165) is 37.9 Å². The molecule has 102 valence electrons. The van der Waals surface area contributed by atoms with Crippen molar-refractivity contribution in [1.82, 2.24) is 4.98 Å². The Morgan fingerprint density at radius 2 is 1.74 bits per heavy atom. The van der Waals surface area contributed by atoms with Crippen LogP contribution < -0.4 is 0 Å². The number of rotatable bonds is 1. The molecule has 1 heterocycles. The van der Waals surface area contributed by atoms with Crippen molar-refractivity contribution in [2.75, 3.05) is 0 Å². The molecule has 0 saturated heterocycles. The van der Waals surface area contributed by atoms with Gasteiger partial charge in [0.15, 0.2) is 0 Å². The molecule has 0 atom stereocenters. The zero-order chi connectivity index (χ0) is 13.9. The molecule has 5 heteroatoms. The maximum absolute atomic E-state index is 12.5. The number of alkyl halides is 3. The zero-order valence-corrected chi connectivity index (χ0v) is 10.5. The van der Waals surface area contributed by atoms with Crippen LogP contribution in [0, 0.1) is 6.57 Å². The van der Waals surface area contributed by atoms with Gasteiger partial charge >= 0.3 is 6.18 Å². The van der Waals surface area contributed by atoms with Gasteiger partial charge in [0.05, 0.1) is 5.56 Å². The number of aromatic nitrogens is 1. The van der Waals surface area contributed by atoms with Gasteiger partial charge in [-0.1, -0.05) is 12.8 Å². The standard InChI is InChI=1S/C14H15F3N2/c1-18-13(8-4-2-3-5-9-13)12-7-6-11(10-19-12)14(15,16)17/h6-7,10H,2-5,8-9H2. The minimum Gasteiger partial charge on any atom is -0.304 e. The predicted octanol–water partition coefficient (Wildman–Crippen LogP) is 4.57. The molecule has 0 aliphatic heterocycles. The molecule has 2 nitrogen and oxygen atoms in total. The highest BCUT2D eigenvalue weighted by Crippen LogP contribution is 2.39. The number of nitrogens with zero attached hydrogens (tertiary/aromatic N) is 2. The Bertz CT molecular complexity index is 463. The van der Waals surface area contributed by atoms with Crippen LogP contribution in [-0.4, -0.2) is 4.98 Å². The fourth-order valence-electron chi connectivity index (χ4n) is 2.58. The van der Waals surface area contributed by atoms with Gasteiger partial charge in [0, 0.05) is 19.0 Å². The van der Waals surface area contributed by atoms with Crippen molar-refractivity contribution in [3.63, 3.8) is 0 Å². The lowest BCUT2D eigenvalue weighted by atomic mass is 9.87. The molecule has 0 unspecified atom stereocenters. The highest BCUT2D eigenvalue weighted by atomic mass is 19.4. The van der Waals surface area contributed by atoms with Crippen molar-refractivity contribution < 1.29 is 13.2 Å². The van der Waals surface area contributed by atoms with Crippen molar-refractivity contribution in [2.24, 2.45) is 0 Å². The number of hydrogen-bond acceptors (Lipinski definition) is 1. The third kappa shape index (κ3) is 2.89. The summed E-state index contributed by atoms with van der Waals surface area (Å²) in [5, 5.41) is 0. The Morgan fingerprint density at radius 1 is 1.11 bits per heavy atom. The van der Waals surface area contributed by atoms with E-state index in [1.54, 1.807) is 0 Å². The van der Waals surface area contributed by atoms with Crippen molar-refractivity contribution in [2.45, 2.75) is 50.2 Å². The van der Waals surface area contributed by atoms with Gasteiger partial charge in [-0.25, -0.2) is 6.57 Å². The van der Waals surface area contributed by atoms with Crippen LogP contribution in [0.4, 0.5) is 13.2 Å². The fraction of sp³-hybridized carbons (Fsp3) is 0.571. The Kier molecular flexibility index (Phi) is 3.79.